The van der Waals surface area contributed by atoms with Gasteiger partial charge in [0.1, 0.15) is 5.76 Å². The smallest absolute Gasteiger partial charge is 0.155 e. The van der Waals surface area contributed by atoms with Gasteiger partial charge in [0.05, 0.1) is 0 Å². The number of hydrogen-bond acceptors (Lipinski definition) is 1. The van der Waals surface area contributed by atoms with E-state index in [9.17, 15) is 0 Å². The van der Waals surface area contributed by atoms with Crippen LogP contribution in [0.2, 0.25) is 0 Å². The summed E-state index contributed by atoms with van der Waals surface area (Å²) in [5, 5.41) is 0. The third kappa shape index (κ3) is 1.09. The maximum atomic E-state index is 5.30. The minimum atomic E-state index is 0.547. The number of rotatable bonds is 0. The van der Waals surface area contributed by atoms with Crippen LogP contribution in [0.5, 0.6) is 0 Å². The van der Waals surface area contributed by atoms with Gasteiger partial charge in [-0.2, -0.15) is 0 Å². The largest absolute Gasteiger partial charge is 0.483 e. The first-order valence-corrected chi connectivity index (χ1v) is 3.83. The second-order valence-electron chi connectivity index (χ2n) is 2.85. The summed E-state index contributed by atoms with van der Waals surface area (Å²) in [5.74, 6) is 1.27. The number of fused-ring (bicyclic) bond motifs is 1. The summed E-state index contributed by atoms with van der Waals surface area (Å²) in [7, 11) is 0. The molecule has 0 bridgehead atoms. The molecule has 50 valence electrons. The molecule has 0 N–H and O–H groups in total. The van der Waals surface area contributed by atoms with E-state index in [1.807, 2.05) is 0 Å². The number of ether oxygens (including phenoxy) is 1. The molecule has 1 saturated heterocycles. The molecule has 2 rings (SSSR count). The van der Waals surface area contributed by atoms with E-state index >= 15 is 0 Å². The van der Waals surface area contributed by atoms with Gasteiger partial charge < -0.3 is 4.74 Å². The molecular formula is C8H12O. The third-order valence-corrected chi connectivity index (χ3v) is 2.05. The average molecular weight is 124 g/mol. The minimum absolute atomic E-state index is 0.547. The Hall–Kier alpha value is -0.460. The molecule has 0 amide bonds. The van der Waals surface area contributed by atoms with Gasteiger partial charge in [0.2, 0.25) is 0 Å². The lowest BCUT2D eigenvalue weighted by Gasteiger charge is -1.96. The van der Waals surface area contributed by atoms with E-state index < -0.39 is 0 Å². The van der Waals surface area contributed by atoms with Crippen molar-refractivity contribution in [3.8, 4) is 0 Å². The van der Waals surface area contributed by atoms with Gasteiger partial charge in [0.15, 0.2) is 6.10 Å². The lowest BCUT2D eigenvalue weighted by Crippen LogP contribution is -1.87. The Kier molecular flexibility index (Phi) is 1.22. The third-order valence-electron chi connectivity index (χ3n) is 2.05. The number of allylic oxidation sites excluding steroid dienone is 1. The van der Waals surface area contributed by atoms with Crippen molar-refractivity contribution in [1.82, 2.24) is 0 Å². The van der Waals surface area contributed by atoms with E-state index in [0.717, 1.165) is 0 Å². The fourth-order valence-electron chi connectivity index (χ4n) is 1.41. The quantitative estimate of drug-likeness (QED) is 0.451. The fourth-order valence-corrected chi connectivity index (χ4v) is 1.41. The molecule has 1 atom stereocenters. The van der Waals surface area contributed by atoms with Crippen LogP contribution < -0.4 is 0 Å². The van der Waals surface area contributed by atoms with Gasteiger partial charge >= 0.3 is 0 Å². The second kappa shape index (κ2) is 2.05. The van der Waals surface area contributed by atoms with Crippen LogP contribution in [0.1, 0.15) is 32.1 Å². The van der Waals surface area contributed by atoms with Crippen LogP contribution in [0, 0.1) is 0 Å². The molecule has 1 aliphatic heterocycles. The summed E-state index contributed by atoms with van der Waals surface area (Å²) in [4.78, 5) is 0. The zero-order valence-corrected chi connectivity index (χ0v) is 5.60. The molecular weight excluding hydrogens is 112 g/mol. The van der Waals surface area contributed by atoms with Crippen LogP contribution in [0.25, 0.3) is 0 Å². The van der Waals surface area contributed by atoms with Crippen LogP contribution in [0.3, 0.4) is 0 Å². The summed E-state index contributed by atoms with van der Waals surface area (Å²) in [5.41, 5.74) is 0. The molecule has 1 unspecified atom stereocenters. The van der Waals surface area contributed by atoms with Crippen LogP contribution in [0.4, 0.5) is 0 Å². The predicted octanol–water partition coefficient (Wildman–Crippen LogP) is 2.23. The number of hydrogen-bond donors (Lipinski definition) is 0. The highest BCUT2D eigenvalue weighted by Crippen LogP contribution is 2.33. The molecule has 1 heterocycles. The first-order valence-electron chi connectivity index (χ1n) is 3.83. The lowest BCUT2D eigenvalue weighted by atomic mass is 10.1. The number of epoxide rings is 1. The van der Waals surface area contributed by atoms with E-state index in [1.165, 1.54) is 37.9 Å². The van der Waals surface area contributed by atoms with Crippen LogP contribution >= 0.6 is 0 Å². The molecule has 0 radical (unpaired) electrons. The Labute approximate surface area is 55.7 Å². The van der Waals surface area contributed by atoms with Crippen molar-refractivity contribution in [2.24, 2.45) is 0 Å². The van der Waals surface area contributed by atoms with E-state index in [0.29, 0.717) is 6.10 Å². The Morgan fingerprint density at radius 3 is 3.33 bits per heavy atom. The van der Waals surface area contributed by atoms with Crippen molar-refractivity contribution >= 4 is 0 Å². The highest BCUT2D eigenvalue weighted by Gasteiger charge is 2.31. The summed E-state index contributed by atoms with van der Waals surface area (Å²) in [6.07, 6.45) is 9.43. The molecule has 0 spiro atoms. The first kappa shape index (κ1) is 5.33. The van der Waals surface area contributed by atoms with Crippen LogP contribution in [-0.2, 0) is 4.74 Å². The van der Waals surface area contributed by atoms with Crippen molar-refractivity contribution in [3.63, 3.8) is 0 Å². The zero-order valence-electron chi connectivity index (χ0n) is 5.60. The average Bonchev–Trinajstić information content (AvgIpc) is 2.46. The van der Waals surface area contributed by atoms with Gasteiger partial charge in [-0.15, -0.1) is 0 Å². The molecule has 1 aliphatic carbocycles. The van der Waals surface area contributed by atoms with Crippen LogP contribution in [0.15, 0.2) is 11.8 Å². The fraction of sp³-hybridized carbons (Fsp3) is 0.750. The summed E-state index contributed by atoms with van der Waals surface area (Å²) in [6.45, 7) is 0. The minimum Gasteiger partial charge on any atom is -0.483 e. The molecule has 2 aliphatic rings. The van der Waals surface area contributed by atoms with E-state index in [2.05, 4.69) is 6.08 Å². The molecule has 1 fully saturated rings. The predicted molar refractivity (Wildman–Crippen MR) is 36.0 cm³/mol. The van der Waals surface area contributed by atoms with Gasteiger partial charge in [-0.05, 0) is 31.8 Å². The highest BCUT2D eigenvalue weighted by molar-refractivity contribution is 5.13. The zero-order chi connectivity index (χ0) is 6.10. The SMILES string of the molecule is C1=C2OC2CCCCC1. The van der Waals surface area contributed by atoms with Crippen molar-refractivity contribution < 1.29 is 4.74 Å². The lowest BCUT2D eigenvalue weighted by molar-refractivity contribution is 0.405. The Morgan fingerprint density at radius 1 is 1.33 bits per heavy atom. The van der Waals surface area contributed by atoms with Crippen molar-refractivity contribution in [1.29, 1.82) is 0 Å². The Balaban J connectivity index is 1.97. The molecule has 0 aromatic heterocycles. The van der Waals surface area contributed by atoms with Gasteiger partial charge in [-0.3, -0.25) is 0 Å². The molecule has 1 heteroatoms. The van der Waals surface area contributed by atoms with Gasteiger partial charge in [-0.25, -0.2) is 0 Å². The van der Waals surface area contributed by atoms with Crippen LogP contribution in [-0.4, -0.2) is 6.10 Å². The first-order chi connectivity index (χ1) is 4.47. The summed E-state index contributed by atoms with van der Waals surface area (Å²) in [6, 6.07) is 0. The van der Waals surface area contributed by atoms with E-state index in [1.54, 1.807) is 0 Å². The van der Waals surface area contributed by atoms with Gasteiger partial charge in [0, 0.05) is 0 Å². The van der Waals surface area contributed by atoms with Gasteiger partial charge in [-0.1, -0.05) is 6.42 Å². The molecule has 9 heavy (non-hydrogen) atoms. The monoisotopic (exact) mass is 124 g/mol. The standard InChI is InChI=1S/C8H12O/c1-2-4-6-8-7(9-8)5-3-1/h5,8H,1-4,6H2. The van der Waals surface area contributed by atoms with E-state index in [-0.39, 0.29) is 0 Å². The molecule has 1 nitrogen and oxygen atoms in total. The normalized spacial score (nSPS) is 32.9. The van der Waals surface area contributed by atoms with E-state index in [4.69, 9.17) is 4.74 Å². The Morgan fingerprint density at radius 2 is 2.33 bits per heavy atom. The summed E-state index contributed by atoms with van der Waals surface area (Å²) < 4.78 is 5.30. The molecule has 0 saturated carbocycles. The maximum absolute atomic E-state index is 5.30. The Bertz CT molecular complexity index is 138. The second-order valence-corrected chi connectivity index (χ2v) is 2.85. The van der Waals surface area contributed by atoms with Crippen molar-refractivity contribution in [3.05, 3.63) is 11.8 Å². The van der Waals surface area contributed by atoms with Gasteiger partial charge in [0.25, 0.3) is 0 Å². The van der Waals surface area contributed by atoms with Crippen molar-refractivity contribution in [2.45, 2.75) is 38.2 Å². The molecule has 0 aromatic rings. The molecule has 0 aromatic carbocycles. The summed E-state index contributed by atoms with van der Waals surface area (Å²) >= 11 is 0. The highest BCUT2D eigenvalue weighted by atomic mass is 16.6. The van der Waals surface area contributed by atoms with Crippen molar-refractivity contribution in [2.75, 3.05) is 0 Å². The topological polar surface area (TPSA) is 12.5 Å². The maximum Gasteiger partial charge on any atom is 0.155 e.